The molecule has 1 aliphatic heterocycles. The van der Waals surface area contributed by atoms with Crippen molar-refractivity contribution in [3.05, 3.63) is 62.6 Å². The van der Waals surface area contributed by atoms with Gasteiger partial charge >= 0.3 is 0 Å². The summed E-state index contributed by atoms with van der Waals surface area (Å²) in [5.41, 5.74) is 0.707. The molecule has 0 aliphatic carbocycles. The van der Waals surface area contributed by atoms with E-state index in [0.29, 0.717) is 26.7 Å². The molecular weight excluding hydrogens is 459 g/mol. The first-order valence-corrected chi connectivity index (χ1v) is 11.3. The second-order valence-electron chi connectivity index (χ2n) is 7.21. The predicted octanol–water partition coefficient (Wildman–Crippen LogP) is 4.90. The molecule has 0 bridgehead atoms. The fraction of sp³-hybridized carbons (Fsp3) is 0.238. The third kappa shape index (κ3) is 3.75. The van der Waals surface area contributed by atoms with Crippen LogP contribution in [-0.4, -0.2) is 33.6 Å². The lowest BCUT2D eigenvalue weighted by atomic mass is 10.1. The molecule has 1 aliphatic rings. The van der Waals surface area contributed by atoms with E-state index in [4.69, 9.17) is 27.6 Å². The van der Waals surface area contributed by atoms with Crippen molar-refractivity contribution in [2.75, 3.05) is 18.0 Å². The van der Waals surface area contributed by atoms with Gasteiger partial charge in [0.1, 0.15) is 12.2 Å². The topological polar surface area (TPSA) is 81.2 Å². The van der Waals surface area contributed by atoms with E-state index < -0.39 is 5.56 Å². The average molecular weight is 475 g/mol. The highest BCUT2D eigenvalue weighted by Gasteiger charge is 2.23. The molecular formula is C21H16Cl2N4O3S. The van der Waals surface area contributed by atoms with Crippen LogP contribution in [0, 0.1) is 0 Å². The Labute approximate surface area is 190 Å². The molecule has 0 amide bonds. The molecule has 10 heteroatoms. The van der Waals surface area contributed by atoms with Gasteiger partial charge in [0, 0.05) is 18.7 Å². The summed E-state index contributed by atoms with van der Waals surface area (Å²) in [4.78, 5) is 32.8. The van der Waals surface area contributed by atoms with Crippen LogP contribution in [0.2, 0.25) is 10.0 Å². The van der Waals surface area contributed by atoms with Crippen LogP contribution in [0.15, 0.2) is 45.8 Å². The van der Waals surface area contributed by atoms with Crippen molar-refractivity contribution in [2.45, 2.75) is 19.4 Å². The Morgan fingerprint density at radius 2 is 1.97 bits per heavy atom. The molecule has 1 saturated heterocycles. The third-order valence-electron chi connectivity index (χ3n) is 5.15. The van der Waals surface area contributed by atoms with Gasteiger partial charge in [-0.1, -0.05) is 34.5 Å². The van der Waals surface area contributed by atoms with Gasteiger partial charge in [-0.2, -0.15) is 5.10 Å². The zero-order chi connectivity index (χ0) is 21.5. The number of Topliss-reactive ketones (excluding diaryl/α,β-unsaturated/α-hetero) is 1. The Balaban J connectivity index is 1.60. The van der Waals surface area contributed by atoms with Crippen molar-refractivity contribution < 1.29 is 9.21 Å². The lowest BCUT2D eigenvalue weighted by Gasteiger charge is -2.11. The SMILES string of the molecule is O=C(Cn1nc(-c2ccco2)c2sc(N3CCCC3)nc2c1=O)c1ccc(Cl)c(Cl)c1. The van der Waals surface area contributed by atoms with Crippen molar-refractivity contribution >= 4 is 55.7 Å². The van der Waals surface area contributed by atoms with Crippen LogP contribution in [-0.2, 0) is 6.54 Å². The lowest BCUT2D eigenvalue weighted by Crippen LogP contribution is -2.27. The molecule has 0 N–H and O–H groups in total. The fourth-order valence-corrected chi connectivity index (χ4v) is 4.97. The summed E-state index contributed by atoms with van der Waals surface area (Å²) in [5.74, 6) is 0.199. The van der Waals surface area contributed by atoms with Gasteiger partial charge in [-0.3, -0.25) is 9.59 Å². The molecule has 4 heterocycles. The quantitative estimate of drug-likeness (QED) is 0.382. The van der Waals surface area contributed by atoms with E-state index >= 15 is 0 Å². The van der Waals surface area contributed by atoms with Crippen LogP contribution in [0.25, 0.3) is 21.7 Å². The van der Waals surface area contributed by atoms with E-state index in [1.807, 2.05) is 0 Å². The first-order chi connectivity index (χ1) is 15.0. The van der Waals surface area contributed by atoms with E-state index in [9.17, 15) is 9.59 Å². The molecule has 0 radical (unpaired) electrons. The molecule has 0 atom stereocenters. The van der Waals surface area contributed by atoms with Gasteiger partial charge in [-0.05, 0) is 43.2 Å². The highest BCUT2D eigenvalue weighted by atomic mass is 35.5. The summed E-state index contributed by atoms with van der Waals surface area (Å²) in [7, 11) is 0. The Kier molecular flexibility index (Phi) is 5.29. The average Bonchev–Trinajstić information content (AvgIpc) is 3.53. The molecule has 1 fully saturated rings. The molecule has 0 unspecified atom stereocenters. The number of carbonyl (C=O) groups is 1. The molecule has 0 spiro atoms. The second-order valence-corrected chi connectivity index (χ2v) is 9.00. The summed E-state index contributed by atoms with van der Waals surface area (Å²) < 4.78 is 7.34. The number of anilines is 1. The van der Waals surface area contributed by atoms with Gasteiger partial charge in [0.15, 0.2) is 22.2 Å². The highest BCUT2D eigenvalue weighted by molar-refractivity contribution is 7.22. The number of benzene rings is 1. The van der Waals surface area contributed by atoms with Gasteiger partial charge in [0.25, 0.3) is 5.56 Å². The van der Waals surface area contributed by atoms with Crippen LogP contribution in [0.1, 0.15) is 23.2 Å². The first kappa shape index (κ1) is 20.2. The molecule has 1 aromatic carbocycles. The number of carbonyl (C=O) groups excluding carboxylic acids is 1. The molecule has 31 heavy (non-hydrogen) atoms. The Hall–Kier alpha value is -2.68. The minimum atomic E-state index is -0.416. The van der Waals surface area contributed by atoms with Crippen LogP contribution in [0.4, 0.5) is 5.13 Å². The van der Waals surface area contributed by atoms with E-state index in [1.165, 1.54) is 17.4 Å². The fourth-order valence-electron chi connectivity index (χ4n) is 3.57. The minimum Gasteiger partial charge on any atom is -0.463 e. The van der Waals surface area contributed by atoms with Crippen molar-refractivity contribution in [1.29, 1.82) is 0 Å². The summed E-state index contributed by atoms with van der Waals surface area (Å²) in [6.07, 6.45) is 3.74. The van der Waals surface area contributed by atoms with Gasteiger partial charge in [0.05, 0.1) is 21.0 Å². The predicted molar refractivity (Wildman–Crippen MR) is 122 cm³/mol. The van der Waals surface area contributed by atoms with Gasteiger partial charge in [-0.15, -0.1) is 0 Å². The van der Waals surface area contributed by atoms with E-state index in [0.717, 1.165) is 35.7 Å². The van der Waals surface area contributed by atoms with Crippen LogP contribution >= 0.6 is 34.5 Å². The molecule has 158 valence electrons. The minimum absolute atomic E-state index is 0.253. The molecule has 7 nitrogen and oxygen atoms in total. The number of halogens is 2. The number of nitrogens with zero attached hydrogens (tertiary/aromatic N) is 4. The number of hydrogen-bond donors (Lipinski definition) is 0. The Morgan fingerprint density at radius 1 is 1.16 bits per heavy atom. The molecule has 0 saturated carbocycles. The zero-order valence-corrected chi connectivity index (χ0v) is 18.5. The number of aromatic nitrogens is 3. The van der Waals surface area contributed by atoms with E-state index in [1.54, 1.807) is 30.5 Å². The standard InChI is InChI=1S/C21H16Cl2N4O3S/c22-13-6-5-12(10-14(13)23)15(28)11-27-20(29)18-19(17(25-27)16-4-3-9-30-16)31-21(24-18)26-7-1-2-8-26/h3-6,9-10H,1-2,7-8,11H2. The summed E-state index contributed by atoms with van der Waals surface area (Å²) in [5, 5.41) is 5.88. The van der Waals surface area contributed by atoms with Crippen molar-refractivity contribution in [2.24, 2.45) is 0 Å². The molecule has 3 aromatic heterocycles. The monoisotopic (exact) mass is 474 g/mol. The van der Waals surface area contributed by atoms with Gasteiger partial charge < -0.3 is 9.32 Å². The Morgan fingerprint density at radius 3 is 2.68 bits per heavy atom. The number of hydrogen-bond acceptors (Lipinski definition) is 7. The second kappa shape index (κ2) is 8.11. The van der Waals surface area contributed by atoms with E-state index in [2.05, 4.69) is 15.0 Å². The Bertz CT molecular complexity index is 1340. The lowest BCUT2D eigenvalue weighted by molar-refractivity contribution is 0.0966. The van der Waals surface area contributed by atoms with Crippen molar-refractivity contribution in [3.63, 3.8) is 0 Å². The number of thiazole rings is 1. The normalized spacial score (nSPS) is 13.9. The molecule has 5 rings (SSSR count). The van der Waals surface area contributed by atoms with Gasteiger partial charge in [-0.25, -0.2) is 9.67 Å². The van der Waals surface area contributed by atoms with Gasteiger partial charge in [0.2, 0.25) is 0 Å². The summed E-state index contributed by atoms with van der Waals surface area (Å²) in [6, 6.07) is 8.13. The zero-order valence-electron chi connectivity index (χ0n) is 16.2. The maximum absolute atomic E-state index is 13.2. The smallest absolute Gasteiger partial charge is 0.294 e. The largest absolute Gasteiger partial charge is 0.463 e. The van der Waals surface area contributed by atoms with Crippen molar-refractivity contribution in [1.82, 2.24) is 14.8 Å². The van der Waals surface area contributed by atoms with Crippen molar-refractivity contribution in [3.8, 4) is 11.5 Å². The maximum Gasteiger partial charge on any atom is 0.294 e. The third-order valence-corrected chi connectivity index (χ3v) is 7.02. The first-order valence-electron chi connectivity index (χ1n) is 9.70. The highest BCUT2D eigenvalue weighted by Crippen LogP contribution is 2.35. The van der Waals surface area contributed by atoms with Crippen LogP contribution in [0.5, 0.6) is 0 Å². The molecule has 4 aromatic rings. The summed E-state index contributed by atoms with van der Waals surface area (Å²) in [6.45, 7) is 1.57. The maximum atomic E-state index is 13.2. The van der Waals surface area contributed by atoms with E-state index in [-0.39, 0.29) is 22.9 Å². The summed E-state index contributed by atoms with van der Waals surface area (Å²) >= 11 is 13.4. The number of ketones is 1. The number of rotatable bonds is 5. The number of furan rings is 1. The van der Waals surface area contributed by atoms with Crippen LogP contribution in [0.3, 0.4) is 0 Å². The number of fused-ring (bicyclic) bond motifs is 1. The van der Waals surface area contributed by atoms with Crippen LogP contribution < -0.4 is 10.5 Å².